The maximum absolute atomic E-state index is 8.67. The number of hydrogen-bond acceptors (Lipinski definition) is 5. The van der Waals surface area contributed by atoms with Crippen LogP contribution in [0.4, 0.5) is 0 Å². The minimum Gasteiger partial charge on any atom is -0.371 e. The molecule has 1 aliphatic rings. The van der Waals surface area contributed by atoms with Crippen LogP contribution in [0.15, 0.2) is 4.52 Å². The predicted octanol–water partition coefficient (Wildman–Crippen LogP) is 1.79. The monoisotopic (exact) mass is 207 g/mol. The fourth-order valence-corrected chi connectivity index (χ4v) is 1.50. The van der Waals surface area contributed by atoms with E-state index < -0.39 is 0 Å². The van der Waals surface area contributed by atoms with Gasteiger partial charge in [-0.05, 0) is 20.3 Å². The smallest absolute Gasteiger partial charge is 0.231 e. The van der Waals surface area contributed by atoms with Gasteiger partial charge in [0.05, 0.1) is 17.9 Å². The summed E-state index contributed by atoms with van der Waals surface area (Å²) in [4.78, 5) is 4.24. The minimum atomic E-state index is -0.146. The van der Waals surface area contributed by atoms with E-state index in [2.05, 4.69) is 16.2 Å². The Morgan fingerprint density at radius 1 is 1.73 bits per heavy atom. The number of aromatic nitrogens is 2. The molecule has 15 heavy (non-hydrogen) atoms. The molecule has 3 atom stereocenters. The highest BCUT2D eigenvalue weighted by molar-refractivity contribution is 5.15. The van der Waals surface area contributed by atoms with Crippen LogP contribution in [0.3, 0.4) is 0 Å². The molecule has 0 amide bonds. The number of ether oxygens (including phenoxy) is 1. The third-order valence-corrected chi connectivity index (χ3v) is 2.51. The molecule has 1 aliphatic carbocycles. The summed E-state index contributed by atoms with van der Waals surface area (Å²) in [5, 5.41) is 12.5. The number of rotatable bonds is 4. The van der Waals surface area contributed by atoms with Crippen molar-refractivity contribution >= 4 is 0 Å². The van der Waals surface area contributed by atoms with Gasteiger partial charge in [-0.2, -0.15) is 10.2 Å². The highest BCUT2D eigenvalue weighted by Crippen LogP contribution is 2.46. The summed E-state index contributed by atoms with van der Waals surface area (Å²) in [5.74, 6) is 1.34. The molecular weight excluding hydrogens is 194 g/mol. The van der Waals surface area contributed by atoms with Gasteiger partial charge in [0.1, 0.15) is 6.10 Å². The van der Waals surface area contributed by atoms with Crippen LogP contribution < -0.4 is 0 Å². The molecule has 0 spiro atoms. The Balaban J connectivity index is 2.02. The van der Waals surface area contributed by atoms with Crippen molar-refractivity contribution in [2.24, 2.45) is 5.92 Å². The molecule has 1 aromatic heterocycles. The van der Waals surface area contributed by atoms with Crippen LogP contribution in [0.2, 0.25) is 0 Å². The third-order valence-electron chi connectivity index (χ3n) is 2.51. The van der Waals surface area contributed by atoms with Gasteiger partial charge in [-0.25, -0.2) is 0 Å². The lowest BCUT2D eigenvalue weighted by molar-refractivity contribution is 0.0683. The molecule has 1 heterocycles. The molecule has 1 fully saturated rings. The van der Waals surface area contributed by atoms with E-state index in [9.17, 15) is 0 Å². The Morgan fingerprint density at radius 2 is 2.53 bits per heavy atom. The van der Waals surface area contributed by atoms with E-state index in [0.29, 0.717) is 18.3 Å². The molecule has 0 aliphatic heterocycles. The zero-order chi connectivity index (χ0) is 10.8. The van der Waals surface area contributed by atoms with Gasteiger partial charge in [0.15, 0.2) is 5.82 Å². The van der Waals surface area contributed by atoms with Gasteiger partial charge in [0.25, 0.3) is 0 Å². The van der Waals surface area contributed by atoms with Crippen LogP contribution in [-0.2, 0) is 4.74 Å². The summed E-state index contributed by atoms with van der Waals surface area (Å²) in [7, 11) is 0. The molecule has 80 valence electrons. The number of nitrogens with zero attached hydrogens (tertiary/aromatic N) is 3. The minimum absolute atomic E-state index is 0.0562. The SMILES string of the molecule is CCOC(C)c1noc(C2CC2C#N)n1. The lowest BCUT2D eigenvalue weighted by Crippen LogP contribution is -2.01. The van der Waals surface area contributed by atoms with Crippen LogP contribution >= 0.6 is 0 Å². The van der Waals surface area contributed by atoms with E-state index >= 15 is 0 Å². The second-order valence-corrected chi connectivity index (χ2v) is 3.67. The molecule has 0 saturated heterocycles. The normalized spacial score (nSPS) is 25.9. The first-order valence-electron chi connectivity index (χ1n) is 5.11. The quantitative estimate of drug-likeness (QED) is 0.752. The Bertz CT molecular complexity index is 382. The molecule has 5 nitrogen and oxygen atoms in total. The molecule has 2 rings (SSSR count). The number of nitriles is 1. The van der Waals surface area contributed by atoms with Crippen LogP contribution in [-0.4, -0.2) is 16.7 Å². The first-order valence-corrected chi connectivity index (χ1v) is 5.11. The average molecular weight is 207 g/mol. The fourth-order valence-electron chi connectivity index (χ4n) is 1.50. The zero-order valence-electron chi connectivity index (χ0n) is 8.80. The Morgan fingerprint density at radius 3 is 3.13 bits per heavy atom. The van der Waals surface area contributed by atoms with Crippen molar-refractivity contribution in [1.82, 2.24) is 10.1 Å². The van der Waals surface area contributed by atoms with Crippen LogP contribution in [0, 0.1) is 17.2 Å². The van der Waals surface area contributed by atoms with Crippen molar-refractivity contribution in [2.45, 2.75) is 32.3 Å². The summed E-state index contributed by atoms with van der Waals surface area (Å²) < 4.78 is 10.4. The summed E-state index contributed by atoms with van der Waals surface area (Å²) in [5.41, 5.74) is 0. The van der Waals surface area contributed by atoms with E-state index in [1.165, 1.54) is 0 Å². The van der Waals surface area contributed by atoms with E-state index in [1.54, 1.807) is 0 Å². The summed E-state index contributed by atoms with van der Waals surface area (Å²) in [6, 6.07) is 2.19. The molecule has 1 aromatic rings. The van der Waals surface area contributed by atoms with Crippen molar-refractivity contribution < 1.29 is 9.26 Å². The molecule has 0 N–H and O–H groups in total. The van der Waals surface area contributed by atoms with E-state index in [-0.39, 0.29) is 17.9 Å². The van der Waals surface area contributed by atoms with Crippen molar-refractivity contribution in [1.29, 1.82) is 5.26 Å². The highest BCUT2D eigenvalue weighted by Gasteiger charge is 2.43. The Hall–Kier alpha value is -1.41. The zero-order valence-corrected chi connectivity index (χ0v) is 8.80. The largest absolute Gasteiger partial charge is 0.371 e. The average Bonchev–Trinajstić information content (AvgIpc) is 2.86. The molecule has 0 radical (unpaired) electrons. The van der Waals surface area contributed by atoms with Crippen LogP contribution in [0.1, 0.15) is 44.0 Å². The molecule has 3 unspecified atom stereocenters. The van der Waals surface area contributed by atoms with Gasteiger partial charge in [0, 0.05) is 6.61 Å². The first kappa shape index (κ1) is 10.1. The Kier molecular flexibility index (Phi) is 2.69. The van der Waals surface area contributed by atoms with Gasteiger partial charge in [-0.15, -0.1) is 0 Å². The van der Waals surface area contributed by atoms with Crippen LogP contribution in [0.5, 0.6) is 0 Å². The van der Waals surface area contributed by atoms with Gasteiger partial charge >= 0.3 is 0 Å². The van der Waals surface area contributed by atoms with E-state index in [1.807, 2.05) is 13.8 Å². The van der Waals surface area contributed by atoms with Crippen molar-refractivity contribution in [2.75, 3.05) is 6.61 Å². The van der Waals surface area contributed by atoms with Crippen molar-refractivity contribution in [3.05, 3.63) is 11.7 Å². The molecule has 1 saturated carbocycles. The highest BCUT2D eigenvalue weighted by atomic mass is 16.5. The van der Waals surface area contributed by atoms with E-state index in [0.717, 1.165) is 6.42 Å². The topological polar surface area (TPSA) is 71.9 Å². The summed E-state index contributed by atoms with van der Waals surface area (Å²) in [6.45, 7) is 4.42. The fraction of sp³-hybridized carbons (Fsp3) is 0.700. The van der Waals surface area contributed by atoms with Crippen molar-refractivity contribution in [3.8, 4) is 6.07 Å². The van der Waals surface area contributed by atoms with Gasteiger partial charge < -0.3 is 9.26 Å². The predicted molar refractivity (Wildman–Crippen MR) is 50.8 cm³/mol. The summed E-state index contributed by atoms with van der Waals surface area (Å²) in [6.07, 6.45) is 0.688. The lowest BCUT2D eigenvalue weighted by atomic mass is 10.3. The first-order chi connectivity index (χ1) is 7.26. The Labute approximate surface area is 88.0 Å². The second-order valence-electron chi connectivity index (χ2n) is 3.67. The maximum Gasteiger partial charge on any atom is 0.231 e. The maximum atomic E-state index is 8.67. The lowest BCUT2D eigenvalue weighted by Gasteiger charge is -2.04. The summed E-state index contributed by atoms with van der Waals surface area (Å²) >= 11 is 0. The number of hydrogen-bond donors (Lipinski definition) is 0. The van der Waals surface area contributed by atoms with Gasteiger partial charge in [-0.3, -0.25) is 0 Å². The molecule has 0 bridgehead atoms. The standard InChI is InChI=1S/C10H13N3O2/c1-3-14-6(2)9-12-10(15-13-9)8-4-7(8)5-11/h6-8H,3-4H2,1-2H3. The molecule has 0 aromatic carbocycles. The van der Waals surface area contributed by atoms with Crippen molar-refractivity contribution in [3.63, 3.8) is 0 Å². The molecule has 5 heteroatoms. The molecular formula is C10H13N3O2. The van der Waals surface area contributed by atoms with Crippen LogP contribution in [0.25, 0.3) is 0 Å². The van der Waals surface area contributed by atoms with E-state index in [4.69, 9.17) is 14.5 Å². The van der Waals surface area contributed by atoms with Gasteiger partial charge in [-0.1, -0.05) is 5.16 Å². The third kappa shape index (κ3) is 2.00. The van der Waals surface area contributed by atoms with Gasteiger partial charge in [0.2, 0.25) is 5.89 Å². The second kappa shape index (κ2) is 3.99.